The van der Waals surface area contributed by atoms with Gasteiger partial charge in [-0.2, -0.15) is 5.10 Å². The number of aliphatic hydroxyl groups is 1. The summed E-state index contributed by atoms with van der Waals surface area (Å²) in [7, 11) is 0. The summed E-state index contributed by atoms with van der Waals surface area (Å²) < 4.78 is 3.00. The molecule has 2 rings (SSSR count). The molecule has 0 fully saturated rings. The summed E-state index contributed by atoms with van der Waals surface area (Å²) in [5, 5.41) is 14.9. The van der Waals surface area contributed by atoms with E-state index >= 15 is 0 Å². The third-order valence-corrected chi connectivity index (χ3v) is 3.82. The van der Waals surface area contributed by atoms with Gasteiger partial charge in [0.25, 0.3) is 0 Å². The van der Waals surface area contributed by atoms with Crippen LogP contribution in [0.3, 0.4) is 0 Å². The highest BCUT2D eigenvalue weighted by molar-refractivity contribution is 14.1. The van der Waals surface area contributed by atoms with Crippen LogP contribution < -0.4 is 0 Å². The second-order valence-electron chi connectivity index (χ2n) is 5.17. The van der Waals surface area contributed by atoms with Gasteiger partial charge in [-0.05, 0) is 61.1 Å². The van der Waals surface area contributed by atoms with Gasteiger partial charge < -0.3 is 5.11 Å². The maximum absolute atomic E-state index is 10.7. The van der Waals surface area contributed by atoms with E-state index in [9.17, 15) is 5.11 Å². The summed E-state index contributed by atoms with van der Waals surface area (Å²) in [5.74, 6) is 0.804. The van der Waals surface area contributed by atoms with Crippen molar-refractivity contribution in [3.8, 4) is 0 Å². The highest BCUT2D eigenvalue weighted by Crippen LogP contribution is 2.25. The fourth-order valence-electron chi connectivity index (χ4n) is 2.05. The number of nitrogens with zero attached hydrogens (tertiary/aromatic N) is 3. The van der Waals surface area contributed by atoms with Crippen molar-refractivity contribution < 1.29 is 5.11 Å². The van der Waals surface area contributed by atoms with Crippen molar-refractivity contribution in [1.82, 2.24) is 14.8 Å². The lowest BCUT2D eigenvalue weighted by Gasteiger charge is -2.24. The minimum atomic E-state index is -0.940. The summed E-state index contributed by atoms with van der Waals surface area (Å²) in [4.78, 5) is 4.26. The van der Waals surface area contributed by atoms with Gasteiger partial charge in [-0.1, -0.05) is 12.1 Å². The lowest BCUT2D eigenvalue weighted by atomic mass is 9.92. The van der Waals surface area contributed by atoms with E-state index in [1.165, 1.54) is 0 Å². The zero-order valence-electron chi connectivity index (χ0n) is 11.3. The van der Waals surface area contributed by atoms with Crippen LogP contribution in [0.2, 0.25) is 0 Å². The molecule has 4 nitrogen and oxygen atoms in total. The van der Waals surface area contributed by atoms with Crippen LogP contribution >= 0.6 is 22.6 Å². The average Bonchev–Trinajstić information content (AvgIpc) is 2.77. The van der Waals surface area contributed by atoms with Crippen LogP contribution in [0.15, 0.2) is 30.6 Å². The van der Waals surface area contributed by atoms with Gasteiger partial charge >= 0.3 is 0 Å². The molecule has 2 aromatic rings. The van der Waals surface area contributed by atoms with Crippen LogP contribution in [0.25, 0.3) is 0 Å². The Morgan fingerprint density at radius 2 is 1.95 bits per heavy atom. The lowest BCUT2D eigenvalue weighted by Crippen LogP contribution is -2.26. The third-order valence-electron chi connectivity index (χ3n) is 3.10. The normalized spacial score (nSPS) is 14.6. The molecule has 0 aliphatic rings. The molecule has 0 radical (unpaired) electrons. The highest BCUT2D eigenvalue weighted by Gasteiger charge is 2.26. The second-order valence-corrected chi connectivity index (χ2v) is 6.42. The monoisotopic (exact) mass is 371 g/mol. The maximum atomic E-state index is 10.7. The van der Waals surface area contributed by atoms with E-state index in [-0.39, 0.29) is 6.04 Å². The average molecular weight is 371 g/mol. The summed E-state index contributed by atoms with van der Waals surface area (Å²) in [6.07, 6.45) is 1.99. The largest absolute Gasteiger partial charge is 0.385 e. The third kappa shape index (κ3) is 3.33. The Morgan fingerprint density at radius 3 is 2.53 bits per heavy atom. The van der Waals surface area contributed by atoms with Gasteiger partial charge in [-0.15, -0.1) is 0 Å². The molecule has 0 saturated carbocycles. The molecule has 0 saturated heterocycles. The lowest BCUT2D eigenvalue weighted by molar-refractivity contribution is 0.0539. The molecule has 19 heavy (non-hydrogen) atoms. The first-order valence-electron chi connectivity index (χ1n) is 6.27. The zero-order valence-corrected chi connectivity index (χ0v) is 13.5. The molecule has 0 spiro atoms. The first kappa shape index (κ1) is 14.5. The van der Waals surface area contributed by atoms with E-state index in [1.54, 1.807) is 6.33 Å². The van der Waals surface area contributed by atoms with Gasteiger partial charge in [-0.25, -0.2) is 9.67 Å². The van der Waals surface area contributed by atoms with Crippen molar-refractivity contribution in [3.05, 3.63) is 45.6 Å². The molecule has 102 valence electrons. The van der Waals surface area contributed by atoms with E-state index in [0.29, 0.717) is 6.42 Å². The maximum Gasteiger partial charge on any atom is 0.138 e. The van der Waals surface area contributed by atoms with Crippen molar-refractivity contribution in [3.63, 3.8) is 0 Å². The predicted molar refractivity (Wildman–Crippen MR) is 82.8 cm³/mol. The molecular formula is C14H18IN3O. The van der Waals surface area contributed by atoms with Crippen LogP contribution in [0.4, 0.5) is 0 Å². The summed E-state index contributed by atoms with van der Waals surface area (Å²) in [6.45, 7) is 5.92. The van der Waals surface area contributed by atoms with E-state index in [2.05, 4.69) is 46.5 Å². The number of hydrogen-bond acceptors (Lipinski definition) is 3. The van der Waals surface area contributed by atoms with E-state index in [0.717, 1.165) is 15.0 Å². The van der Waals surface area contributed by atoms with Crippen molar-refractivity contribution in [1.29, 1.82) is 0 Å². The fourth-order valence-corrected chi connectivity index (χ4v) is 2.41. The molecule has 1 N–H and O–H groups in total. The molecule has 1 atom stereocenters. The van der Waals surface area contributed by atoms with E-state index < -0.39 is 5.60 Å². The number of aromatic nitrogens is 3. The number of benzene rings is 1. The molecule has 1 unspecified atom stereocenters. The summed E-state index contributed by atoms with van der Waals surface area (Å²) in [6, 6.07) is 8.15. The first-order valence-corrected chi connectivity index (χ1v) is 7.35. The van der Waals surface area contributed by atoms with Crippen LogP contribution in [-0.2, 0) is 12.0 Å². The summed E-state index contributed by atoms with van der Waals surface area (Å²) in [5.41, 5.74) is -0.0458. The molecule has 1 heterocycles. The second kappa shape index (κ2) is 5.58. The van der Waals surface area contributed by atoms with Gasteiger partial charge in [0.05, 0.1) is 5.60 Å². The highest BCUT2D eigenvalue weighted by atomic mass is 127. The Labute approximate surface area is 127 Å². The Morgan fingerprint density at radius 1 is 1.32 bits per heavy atom. The Hall–Kier alpha value is -0.950. The Balaban J connectivity index is 2.25. The van der Waals surface area contributed by atoms with E-state index in [4.69, 9.17) is 0 Å². The quantitative estimate of drug-likeness (QED) is 0.841. The predicted octanol–water partition coefficient (Wildman–Crippen LogP) is 2.91. The molecule has 1 aromatic heterocycles. The van der Waals surface area contributed by atoms with Crippen molar-refractivity contribution in [2.45, 2.75) is 38.8 Å². The van der Waals surface area contributed by atoms with Crippen molar-refractivity contribution >= 4 is 22.6 Å². The zero-order chi connectivity index (χ0) is 14.0. The smallest absolute Gasteiger partial charge is 0.138 e. The van der Waals surface area contributed by atoms with Gasteiger partial charge in [0, 0.05) is 16.0 Å². The van der Waals surface area contributed by atoms with Crippen LogP contribution in [0, 0.1) is 3.57 Å². The Kier molecular flexibility index (Phi) is 4.25. The minimum absolute atomic E-state index is 0.241. The van der Waals surface area contributed by atoms with Crippen molar-refractivity contribution in [2.24, 2.45) is 0 Å². The topological polar surface area (TPSA) is 50.9 Å². The molecule has 0 amide bonds. The van der Waals surface area contributed by atoms with Crippen LogP contribution in [0.5, 0.6) is 0 Å². The Bertz CT molecular complexity index is 546. The van der Waals surface area contributed by atoms with Gasteiger partial charge in [0.15, 0.2) is 0 Å². The molecule has 0 aliphatic carbocycles. The van der Waals surface area contributed by atoms with Crippen LogP contribution in [-0.4, -0.2) is 19.9 Å². The van der Waals surface area contributed by atoms with Crippen molar-refractivity contribution in [2.75, 3.05) is 0 Å². The first-order chi connectivity index (χ1) is 8.90. The SMILES string of the molecule is CC(C)n1ncnc1CC(C)(O)c1ccc(I)cc1. The van der Waals surface area contributed by atoms with E-state index in [1.807, 2.05) is 35.9 Å². The number of halogens is 1. The number of hydrogen-bond donors (Lipinski definition) is 1. The van der Waals surface area contributed by atoms with Crippen LogP contribution in [0.1, 0.15) is 38.2 Å². The van der Waals surface area contributed by atoms with Gasteiger partial charge in [0.2, 0.25) is 0 Å². The number of rotatable bonds is 4. The van der Waals surface area contributed by atoms with Gasteiger partial charge in [-0.3, -0.25) is 0 Å². The molecule has 0 aliphatic heterocycles. The molecule has 0 bridgehead atoms. The molecule has 1 aromatic carbocycles. The molecule has 5 heteroatoms. The minimum Gasteiger partial charge on any atom is -0.385 e. The standard InChI is InChI=1S/C14H18IN3O/c1-10(2)18-13(16-9-17-18)8-14(3,19)11-4-6-12(15)7-5-11/h4-7,9-10,19H,8H2,1-3H3. The van der Waals surface area contributed by atoms with Gasteiger partial charge in [0.1, 0.15) is 12.2 Å². The summed E-state index contributed by atoms with van der Waals surface area (Å²) >= 11 is 2.25. The fraction of sp³-hybridized carbons (Fsp3) is 0.429. The molecular weight excluding hydrogens is 353 g/mol.